The van der Waals surface area contributed by atoms with Crippen LogP contribution in [0.25, 0.3) is 21.5 Å². The molecule has 3 nitrogen and oxygen atoms in total. The second-order valence-corrected chi connectivity index (χ2v) is 9.40. The largest absolute Gasteiger partial charge is 0.508 e. The highest BCUT2D eigenvalue weighted by Crippen LogP contribution is 2.33. The molecule has 0 bridgehead atoms. The Labute approximate surface area is 193 Å². The number of halogens is 2. The second kappa shape index (κ2) is 8.96. The van der Waals surface area contributed by atoms with Crippen molar-refractivity contribution in [1.82, 2.24) is 4.90 Å². The molecule has 0 fully saturated rings. The summed E-state index contributed by atoms with van der Waals surface area (Å²) in [6.07, 6.45) is 0.980. The zero-order valence-corrected chi connectivity index (χ0v) is 19.9. The lowest BCUT2D eigenvalue weighted by Crippen LogP contribution is -2.24. The van der Waals surface area contributed by atoms with Crippen molar-refractivity contribution in [2.75, 3.05) is 6.54 Å². The molecule has 0 aromatic heterocycles. The van der Waals surface area contributed by atoms with Gasteiger partial charge in [-0.1, -0.05) is 63.0 Å². The van der Waals surface area contributed by atoms with Crippen molar-refractivity contribution in [3.05, 3.63) is 80.7 Å². The standard InChI is InChI=1S/C25H23Br2NO2/c1-2-11-28(14-22-20-7-5-18(26)12-16(20)3-9-24(22)29)15-23-21-8-6-19(27)13-17(21)4-10-25(23)30/h3-10,12-13,29-30H,2,11,14-15H2,1H3. The molecule has 0 heterocycles. The van der Waals surface area contributed by atoms with E-state index in [-0.39, 0.29) is 0 Å². The highest BCUT2D eigenvalue weighted by Gasteiger charge is 2.16. The molecule has 4 aromatic rings. The van der Waals surface area contributed by atoms with E-state index < -0.39 is 0 Å². The third kappa shape index (κ3) is 4.34. The van der Waals surface area contributed by atoms with Gasteiger partial charge in [0.15, 0.2) is 0 Å². The van der Waals surface area contributed by atoms with Crippen LogP contribution >= 0.6 is 31.9 Å². The van der Waals surface area contributed by atoms with Gasteiger partial charge in [0.25, 0.3) is 0 Å². The lowest BCUT2D eigenvalue weighted by Gasteiger charge is -2.24. The first-order valence-corrected chi connectivity index (χ1v) is 11.6. The van der Waals surface area contributed by atoms with Crippen LogP contribution in [-0.4, -0.2) is 21.7 Å². The van der Waals surface area contributed by atoms with Gasteiger partial charge >= 0.3 is 0 Å². The summed E-state index contributed by atoms with van der Waals surface area (Å²) in [4.78, 5) is 2.28. The molecule has 30 heavy (non-hydrogen) atoms. The van der Waals surface area contributed by atoms with Crippen LogP contribution in [0.5, 0.6) is 11.5 Å². The van der Waals surface area contributed by atoms with Gasteiger partial charge in [0.1, 0.15) is 11.5 Å². The Morgan fingerprint density at radius 3 is 1.60 bits per heavy atom. The van der Waals surface area contributed by atoms with E-state index in [0.29, 0.717) is 24.6 Å². The maximum Gasteiger partial charge on any atom is 0.120 e. The van der Waals surface area contributed by atoms with Gasteiger partial charge in [-0.05, 0) is 70.9 Å². The molecular formula is C25H23Br2NO2. The molecule has 4 rings (SSSR count). The summed E-state index contributed by atoms with van der Waals surface area (Å²) in [5, 5.41) is 25.5. The maximum absolute atomic E-state index is 10.6. The summed E-state index contributed by atoms with van der Waals surface area (Å²) >= 11 is 7.05. The van der Waals surface area contributed by atoms with Gasteiger partial charge in [-0.3, -0.25) is 4.90 Å². The van der Waals surface area contributed by atoms with Crippen molar-refractivity contribution in [2.24, 2.45) is 0 Å². The fraction of sp³-hybridized carbons (Fsp3) is 0.200. The third-order valence-corrected chi connectivity index (χ3v) is 6.43. The van der Waals surface area contributed by atoms with Gasteiger partial charge in [-0.2, -0.15) is 0 Å². The Morgan fingerprint density at radius 1 is 0.700 bits per heavy atom. The Kier molecular flexibility index (Phi) is 6.32. The lowest BCUT2D eigenvalue weighted by molar-refractivity contribution is 0.252. The van der Waals surface area contributed by atoms with Crippen LogP contribution in [0.3, 0.4) is 0 Å². The molecule has 0 spiro atoms. The van der Waals surface area contributed by atoms with E-state index in [0.717, 1.165) is 54.6 Å². The first-order chi connectivity index (χ1) is 14.5. The molecule has 0 aliphatic heterocycles. The summed E-state index contributed by atoms with van der Waals surface area (Å²) in [6, 6.07) is 19.6. The first kappa shape index (κ1) is 21.2. The van der Waals surface area contributed by atoms with Gasteiger partial charge in [0.05, 0.1) is 0 Å². The zero-order valence-electron chi connectivity index (χ0n) is 16.7. The van der Waals surface area contributed by atoms with Crippen LogP contribution in [0, 0.1) is 0 Å². The minimum Gasteiger partial charge on any atom is -0.508 e. The fourth-order valence-corrected chi connectivity index (χ4v) is 4.77. The van der Waals surface area contributed by atoms with E-state index in [2.05, 4.69) is 55.8 Å². The van der Waals surface area contributed by atoms with Crippen LogP contribution < -0.4 is 0 Å². The molecule has 0 saturated heterocycles. The normalized spacial score (nSPS) is 11.6. The summed E-state index contributed by atoms with van der Waals surface area (Å²) in [7, 11) is 0. The predicted octanol–water partition coefficient (Wildman–Crippen LogP) is 7.34. The number of fused-ring (bicyclic) bond motifs is 2. The number of nitrogens with zero attached hydrogens (tertiary/aromatic N) is 1. The highest BCUT2D eigenvalue weighted by molar-refractivity contribution is 9.10. The van der Waals surface area contributed by atoms with E-state index in [1.54, 1.807) is 12.1 Å². The van der Waals surface area contributed by atoms with Crippen molar-refractivity contribution < 1.29 is 10.2 Å². The van der Waals surface area contributed by atoms with E-state index in [9.17, 15) is 10.2 Å². The fourth-order valence-electron chi connectivity index (χ4n) is 4.02. The number of rotatable bonds is 6. The van der Waals surface area contributed by atoms with E-state index >= 15 is 0 Å². The van der Waals surface area contributed by atoms with Gasteiger partial charge < -0.3 is 10.2 Å². The molecule has 154 valence electrons. The first-order valence-electron chi connectivity index (χ1n) is 9.99. The van der Waals surface area contributed by atoms with Crippen molar-refractivity contribution in [3.63, 3.8) is 0 Å². The number of hydrogen-bond acceptors (Lipinski definition) is 3. The summed E-state index contributed by atoms with van der Waals surface area (Å²) in [5.41, 5.74) is 1.83. The van der Waals surface area contributed by atoms with E-state index in [4.69, 9.17) is 0 Å². The minimum absolute atomic E-state index is 0.303. The van der Waals surface area contributed by atoms with E-state index in [1.807, 2.05) is 36.4 Å². The Hall–Kier alpha value is -2.08. The SMILES string of the molecule is CCCN(Cc1c(O)ccc2cc(Br)ccc12)Cc1c(O)ccc2cc(Br)ccc12. The number of aromatic hydroxyl groups is 2. The number of hydrogen-bond donors (Lipinski definition) is 2. The molecule has 0 atom stereocenters. The second-order valence-electron chi connectivity index (χ2n) is 7.57. The molecular weight excluding hydrogens is 506 g/mol. The molecule has 5 heteroatoms. The molecule has 0 radical (unpaired) electrons. The van der Waals surface area contributed by atoms with Gasteiger partial charge in [0, 0.05) is 33.2 Å². The van der Waals surface area contributed by atoms with Crippen LogP contribution in [0.1, 0.15) is 24.5 Å². The molecule has 0 unspecified atom stereocenters. The molecule has 0 aliphatic carbocycles. The molecule has 4 aromatic carbocycles. The van der Waals surface area contributed by atoms with Crippen molar-refractivity contribution >= 4 is 53.4 Å². The molecule has 0 aliphatic rings. The molecule has 0 amide bonds. The Morgan fingerprint density at radius 2 is 1.17 bits per heavy atom. The van der Waals surface area contributed by atoms with Gasteiger partial charge in [-0.25, -0.2) is 0 Å². The summed E-state index contributed by atoms with van der Waals surface area (Å²) in [5.74, 6) is 0.606. The lowest BCUT2D eigenvalue weighted by atomic mass is 10.0. The van der Waals surface area contributed by atoms with Crippen molar-refractivity contribution in [2.45, 2.75) is 26.4 Å². The quantitative estimate of drug-likeness (QED) is 0.275. The molecule has 2 N–H and O–H groups in total. The average Bonchev–Trinajstić information content (AvgIpc) is 2.72. The van der Waals surface area contributed by atoms with Crippen LogP contribution in [-0.2, 0) is 13.1 Å². The minimum atomic E-state index is 0.303. The number of phenolic OH excluding ortho intramolecular Hbond substituents is 2. The number of phenols is 2. The summed E-state index contributed by atoms with van der Waals surface area (Å²) in [6.45, 7) is 4.21. The molecule has 0 saturated carbocycles. The maximum atomic E-state index is 10.6. The smallest absolute Gasteiger partial charge is 0.120 e. The third-order valence-electron chi connectivity index (χ3n) is 5.44. The number of benzene rings is 4. The Balaban J connectivity index is 1.73. The zero-order chi connectivity index (χ0) is 21.3. The van der Waals surface area contributed by atoms with Crippen molar-refractivity contribution in [3.8, 4) is 11.5 Å². The Bertz CT molecular complexity index is 1130. The average molecular weight is 529 g/mol. The monoisotopic (exact) mass is 527 g/mol. The van der Waals surface area contributed by atoms with Gasteiger partial charge in [0.2, 0.25) is 0 Å². The highest BCUT2D eigenvalue weighted by atomic mass is 79.9. The van der Waals surface area contributed by atoms with Crippen LogP contribution in [0.15, 0.2) is 69.6 Å². The van der Waals surface area contributed by atoms with Gasteiger partial charge in [-0.15, -0.1) is 0 Å². The van der Waals surface area contributed by atoms with Crippen molar-refractivity contribution in [1.29, 1.82) is 0 Å². The van der Waals surface area contributed by atoms with Crippen LogP contribution in [0.4, 0.5) is 0 Å². The predicted molar refractivity (Wildman–Crippen MR) is 131 cm³/mol. The topological polar surface area (TPSA) is 43.7 Å². The van der Waals surface area contributed by atoms with E-state index in [1.165, 1.54) is 0 Å². The summed E-state index contributed by atoms with van der Waals surface area (Å²) < 4.78 is 2.03. The van der Waals surface area contributed by atoms with Crippen LogP contribution in [0.2, 0.25) is 0 Å².